The molecule has 0 aliphatic carbocycles. The molecule has 1 amide bonds. The third-order valence-electron chi connectivity index (χ3n) is 2.37. The van der Waals surface area contributed by atoms with Crippen LogP contribution in [0.4, 0.5) is 5.69 Å². The van der Waals surface area contributed by atoms with E-state index in [1.165, 1.54) is 0 Å². The standard InChI is InChI=1S/C10H11NO2/c1-11-8-6-4-3-5-7(8)9(13-2)10(11)12/h3-6,9H,1-2H3/t9-/m1/s1. The van der Waals surface area contributed by atoms with Gasteiger partial charge in [0.25, 0.3) is 5.91 Å². The van der Waals surface area contributed by atoms with E-state index in [-0.39, 0.29) is 5.91 Å². The zero-order valence-corrected chi connectivity index (χ0v) is 7.65. The van der Waals surface area contributed by atoms with Gasteiger partial charge >= 0.3 is 0 Å². The molecule has 0 N–H and O–H groups in total. The number of rotatable bonds is 1. The van der Waals surface area contributed by atoms with Crippen LogP contribution in [0.1, 0.15) is 11.7 Å². The van der Waals surface area contributed by atoms with E-state index in [0.717, 1.165) is 11.3 Å². The summed E-state index contributed by atoms with van der Waals surface area (Å²) in [5.74, 6) is 0.00343. The van der Waals surface area contributed by atoms with E-state index < -0.39 is 6.10 Å². The second kappa shape index (κ2) is 2.85. The van der Waals surface area contributed by atoms with Gasteiger partial charge in [-0.3, -0.25) is 4.79 Å². The first-order chi connectivity index (χ1) is 6.25. The number of hydrogen-bond acceptors (Lipinski definition) is 2. The lowest BCUT2D eigenvalue weighted by Crippen LogP contribution is -2.24. The Hall–Kier alpha value is -1.35. The van der Waals surface area contributed by atoms with Crippen molar-refractivity contribution in [3.05, 3.63) is 29.8 Å². The average molecular weight is 177 g/mol. The molecule has 3 nitrogen and oxygen atoms in total. The Bertz CT molecular complexity index is 349. The summed E-state index contributed by atoms with van der Waals surface area (Å²) in [4.78, 5) is 13.2. The van der Waals surface area contributed by atoms with Crippen LogP contribution >= 0.6 is 0 Å². The molecule has 0 saturated heterocycles. The van der Waals surface area contributed by atoms with Crippen molar-refractivity contribution in [3.63, 3.8) is 0 Å². The lowest BCUT2D eigenvalue weighted by atomic mass is 10.1. The molecule has 1 atom stereocenters. The van der Waals surface area contributed by atoms with Crippen molar-refractivity contribution in [1.29, 1.82) is 0 Å². The minimum Gasteiger partial charge on any atom is -0.367 e. The average Bonchev–Trinajstić information content (AvgIpc) is 2.41. The lowest BCUT2D eigenvalue weighted by Gasteiger charge is -2.09. The molecule has 0 aromatic heterocycles. The van der Waals surface area contributed by atoms with Gasteiger partial charge in [-0.2, -0.15) is 0 Å². The van der Waals surface area contributed by atoms with Crippen LogP contribution < -0.4 is 4.90 Å². The van der Waals surface area contributed by atoms with Crippen LogP contribution in [0.2, 0.25) is 0 Å². The third kappa shape index (κ3) is 1.04. The number of nitrogens with zero attached hydrogens (tertiary/aromatic N) is 1. The minimum absolute atomic E-state index is 0.00343. The van der Waals surface area contributed by atoms with Gasteiger partial charge in [-0.25, -0.2) is 0 Å². The number of anilines is 1. The SMILES string of the molecule is CO[C@H]1C(=O)N(C)c2ccccc21. The van der Waals surface area contributed by atoms with Gasteiger partial charge < -0.3 is 9.64 Å². The molecular weight excluding hydrogens is 166 g/mol. The Morgan fingerprint density at radius 2 is 2.08 bits per heavy atom. The van der Waals surface area contributed by atoms with Crippen LogP contribution in [0.25, 0.3) is 0 Å². The highest BCUT2D eigenvalue weighted by Crippen LogP contribution is 2.35. The van der Waals surface area contributed by atoms with Gasteiger partial charge in [0.05, 0.1) is 0 Å². The van der Waals surface area contributed by atoms with Crippen LogP contribution in [0.3, 0.4) is 0 Å². The summed E-state index contributed by atoms with van der Waals surface area (Å²) in [5, 5.41) is 0. The first kappa shape index (κ1) is 8.26. The van der Waals surface area contributed by atoms with Crippen LogP contribution in [-0.2, 0) is 9.53 Å². The number of carbonyl (C=O) groups is 1. The van der Waals surface area contributed by atoms with Crippen molar-refractivity contribution >= 4 is 11.6 Å². The highest BCUT2D eigenvalue weighted by Gasteiger charge is 2.34. The molecule has 1 aliphatic heterocycles. The maximum Gasteiger partial charge on any atom is 0.260 e. The molecule has 0 radical (unpaired) electrons. The Morgan fingerprint density at radius 1 is 1.38 bits per heavy atom. The number of amides is 1. The number of carbonyl (C=O) groups excluding carboxylic acids is 1. The van der Waals surface area contributed by atoms with Crippen LogP contribution in [0, 0.1) is 0 Å². The van der Waals surface area contributed by atoms with E-state index in [2.05, 4.69) is 0 Å². The molecule has 3 heteroatoms. The zero-order valence-electron chi connectivity index (χ0n) is 7.65. The van der Waals surface area contributed by atoms with E-state index in [9.17, 15) is 4.79 Å². The quantitative estimate of drug-likeness (QED) is 0.648. The van der Waals surface area contributed by atoms with E-state index in [0.29, 0.717) is 0 Å². The molecule has 0 fully saturated rings. The Labute approximate surface area is 76.9 Å². The number of benzene rings is 1. The summed E-state index contributed by atoms with van der Waals surface area (Å²) in [6.07, 6.45) is -0.416. The first-order valence-corrected chi connectivity index (χ1v) is 4.15. The van der Waals surface area contributed by atoms with Crippen LogP contribution in [-0.4, -0.2) is 20.1 Å². The number of hydrogen-bond donors (Lipinski definition) is 0. The van der Waals surface area contributed by atoms with Gasteiger partial charge in [0.2, 0.25) is 0 Å². The highest BCUT2D eigenvalue weighted by molar-refractivity contribution is 6.03. The molecule has 0 spiro atoms. The largest absolute Gasteiger partial charge is 0.367 e. The van der Waals surface area contributed by atoms with E-state index in [4.69, 9.17) is 4.74 Å². The molecule has 0 saturated carbocycles. The Kier molecular flexibility index (Phi) is 1.81. The predicted octanol–water partition coefficient (Wildman–Crippen LogP) is 1.35. The lowest BCUT2D eigenvalue weighted by molar-refractivity contribution is -0.127. The molecule has 1 heterocycles. The van der Waals surface area contributed by atoms with Crippen molar-refractivity contribution in [3.8, 4) is 0 Å². The maximum atomic E-state index is 11.6. The van der Waals surface area contributed by atoms with Crippen molar-refractivity contribution in [1.82, 2.24) is 0 Å². The van der Waals surface area contributed by atoms with Gasteiger partial charge in [-0.05, 0) is 6.07 Å². The molecule has 13 heavy (non-hydrogen) atoms. The summed E-state index contributed by atoms with van der Waals surface area (Å²) in [5.41, 5.74) is 1.90. The minimum atomic E-state index is -0.416. The van der Waals surface area contributed by atoms with Gasteiger partial charge in [-0.15, -0.1) is 0 Å². The number of methoxy groups -OCH3 is 1. The van der Waals surface area contributed by atoms with E-state index >= 15 is 0 Å². The molecule has 68 valence electrons. The van der Waals surface area contributed by atoms with Crippen molar-refractivity contribution in [2.24, 2.45) is 0 Å². The van der Waals surface area contributed by atoms with Crippen molar-refractivity contribution in [2.45, 2.75) is 6.10 Å². The highest BCUT2D eigenvalue weighted by atomic mass is 16.5. The summed E-state index contributed by atoms with van der Waals surface area (Å²) in [6.45, 7) is 0. The summed E-state index contributed by atoms with van der Waals surface area (Å²) >= 11 is 0. The number of ether oxygens (including phenoxy) is 1. The normalized spacial score (nSPS) is 20.6. The predicted molar refractivity (Wildman–Crippen MR) is 49.6 cm³/mol. The molecule has 1 aromatic rings. The van der Waals surface area contributed by atoms with Gasteiger partial charge in [0, 0.05) is 25.4 Å². The monoisotopic (exact) mass is 177 g/mol. The molecular formula is C10H11NO2. The number of para-hydroxylation sites is 1. The Balaban J connectivity index is 2.53. The molecule has 2 rings (SSSR count). The van der Waals surface area contributed by atoms with Crippen molar-refractivity contribution in [2.75, 3.05) is 19.1 Å². The third-order valence-corrected chi connectivity index (χ3v) is 2.37. The van der Waals surface area contributed by atoms with Crippen molar-refractivity contribution < 1.29 is 9.53 Å². The number of likely N-dealkylation sites (N-methyl/N-ethyl adjacent to an activating group) is 1. The van der Waals surface area contributed by atoms with E-state index in [1.807, 2.05) is 24.3 Å². The van der Waals surface area contributed by atoms with E-state index in [1.54, 1.807) is 19.1 Å². The zero-order chi connectivity index (χ0) is 9.42. The number of fused-ring (bicyclic) bond motifs is 1. The fourth-order valence-electron chi connectivity index (χ4n) is 1.67. The fraction of sp³-hybridized carbons (Fsp3) is 0.300. The first-order valence-electron chi connectivity index (χ1n) is 4.15. The van der Waals surface area contributed by atoms with Gasteiger partial charge in [-0.1, -0.05) is 18.2 Å². The maximum absolute atomic E-state index is 11.6. The second-order valence-corrected chi connectivity index (χ2v) is 3.07. The van der Waals surface area contributed by atoms with Gasteiger partial charge in [0.1, 0.15) is 0 Å². The molecule has 1 aromatic carbocycles. The topological polar surface area (TPSA) is 29.5 Å². The smallest absolute Gasteiger partial charge is 0.260 e. The summed E-state index contributed by atoms with van der Waals surface area (Å²) in [7, 11) is 3.32. The fourth-order valence-corrected chi connectivity index (χ4v) is 1.67. The van der Waals surface area contributed by atoms with Gasteiger partial charge in [0.15, 0.2) is 6.10 Å². The Morgan fingerprint density at radius 3 is 2.77 bits per heavy atom. The van der Waals surface area contributed by atoms with Crippen LogP contribution in [0.15, 0.2) is 24.3 Å². The molecule has 0 unspecified atom stereocenters. The summed E-state index contributed by atoms with van der Waals surface area (Å²) < 4.78 is 5.13. The summed E-state index contributed by atoms with van der Waals surface area (Å²) in [6, 6.07) is 7.68. The van der Waals surface area contributed by atoms with Crippen LogP contribution in [0.5, 0.6) is 0 Å². The molecule has 1 aliphatic rings. The second-order valence-electron chi connectivity index (χ2n) is 3.07. The molecule has 0 bridgehead atoms.